The first-order valence-corrected chi connectivity index (χ1v) is 15.0. The maximum absolute atomic E-state index is 13.0. The summed E-state index contributed by atoms with van der Waals surface area (Å²) < 4.78 is 38.5. The standard InChI is InChI=1S/C26H34ClIN2O5S/c1-16(2)21-14-19(6-9-23(21)34-5)35-25-22(27)8-7-20(24(25)28)26(31)29-15-18-10-12-30(13-11-18)36(32,33)17(3)4/h6-9,14,16-18H,10-13,15H2,1-5H3,(H,29,31). The third-order valence-electron chi connectivity index (χ3n) is 6.42. The van der Waals surface area contributed by atoms with Crippen LogP contribution in [0.1, 0.15) is 62.4 Å². The van der Waals surface area contributed by atoms with Crippen molar-refractivity contribution in [3.63, 3.8) is 0 Å². The van der Waals surface area contributed by atoms with E-state index in [0.29, 0.717) is 58.1 Å². The van der Waals surface area contributed by atoms with E-state index in [0.717, 1.165) is 11.3 Å². The molecule has 2 aromatic carbocycles. The molecule has 2 aromatic rings. The maximum Gasteiger partial charge on any atom is 0.252 e. The van der Waals surface area contributed by atoms with Crippen molar-refractivity contribution in [1.29, 1.82) is 0 Å². The fourth-order valence-electron chi connectivity index (χ4n) is 4.14. The Hall–Kier alpha value is -1.56. The van der Waals surface area contributed by atoms with Crippen LogP contribution in [0.15, 0.2) is 30.3 Å². The molecule has 198 valence electrons. The van der Waals surface area contributed by atoms with Crippen molar-refractivity contribution in [3.05, 3.63) is 50.1 Å². The minimum absolute atomic E-state index is 0.212. The zero-order valence-electron chi connectivity index (χ0n) is 21.3. The van der Waals surface area contributed by atoms with Crippen LogP contribution in [-0.2, 0) is 10.0 Å². The summed E-state index contributed by atoms with van der Waals surface area (Å²) >= 11 is 8.54. The minimum Gasteiger partial charge on any atom is -0.496 e. The van der Waals surface area contributed by atoms with Gasteiger partial charge >= 0.3 is 0 Å². The van der Waals surface area contributed by atoms with E-state index in [1.807, 2.05) is 18.2 Å². The molecule has 0 radical (unpaired) electrons. The number of rotatable bonds is 9. The van der Waals surface area contributed by atoms with Gasteiger partial charge in [-0.2, -0.15) is 0 Å². The molecule has 0 spiro atoms. The van der Waals surface area contributed by atoms with Gasteiger partial charge in [0, 0.05) is 25.2 Å². The second-order valence-corrected chi connectivity index (χ2v) is 13.5. The van der Waals surface area contributed by atoms with Gasteiger partial charge in [-0.05, 0) is 91.4 Å². The van der Waals surface area contributed by atoms with Gasteiger partial charge < -0.3 is 14.8 Å². The average Bonchev–Trinajstić information content (AvgIpc) is 2.85. The van der Waals surface area contributed by atoms with Crippen molar-refractivity contribution in [2.24, 2.45) is 5.92 Å². The number of nitrogens with zero attached hydrogens (tertiary/aromatic N) is 1. The highest BCUT2D eigenvalue weighted by Gasteiger charge is 2.30. The van der Waals surface area contributed by atoms with Gasteiger partial charge in [-0.1, -0.05) is 25.4 Å². The molecule has 0 bridgehead atoms. The van der Waals surface area contributed by atoms with Gasteiger partial charge in [-0.25, -0.2) is 12.7 Å². The molecule has 1 saturated heterocycles. The van der Waals surface area contributed by atoms with Gasteiger partial charge in [0.15, 0.2) is 5.75 Å². The minimum atomic E-state index is -3.24. The van der Waals surface area contributed by atoms with Crippen molar-refractivity contribution in [1.82, 2.24) is 9.62 Å². The number of piperidine rings is 1. The number of ether oxygens (including phenoxy) is 2. The number of amides is 1. The molecule has 0 aromatic heterocycles. The van der Waals surface area contributed by atoms with E-state index in [1.165, 1.54) is 0 Å². The topological polar surface area (TPSA) is 84.9 Å². The number of halogens is 2. The first-order chi connectivity index (χ1) is 16.9. The van der Waals surface area contributed by atoms with E-state index in [2.05, 4.69) is 41.8 Å². The Morgan fingerprint density at radius 1 is 1.17 bits per heavy atom. The van der Waals surface area contributed by atoms with Gasteiger partial charge in [-0.3, -0.25) is 4.79 Å². The van der Waals surface area contributed by atoms with E-state index in [1.54, 1.807) is 37.4 Å². The number of hydrogen-bond acceptors (Lipinski definition) is 5. The Bertz CT molecular complexity index is 1200. The highest BCUT2D eigenvalue weighted by Crippen LogP contribution is 2.38. The highest BCUT2D eigenvalue weighted by atomic mass is 127. The number of methoxy groups -OCH3 is 1. The summed E-state index contributed by atoms with van der Waals surface area (Å²) in [5.74, 6) is 2.08. The number of nitrogens with one attached hydrogen (secondary N) is 1. The number of hydrogen-bond donors (Lipinski definition) is 1. The highest BCUT2D eigenvalue weighted by molar-refractivity contribution is 14.1. The fraction of sp³-hybridized carbons (Fsp3) is 0.500. The number of benzene rings is 2. The van der Waals surface area contributed by atoms with Crippen LogP contribution in [0.4, 0.5) is 0 Å². The van der Waals surface area contributed by atoms with E-state index in [9.17, 15) is 13.2 Å². The number of carbonyl (C=O) groups excluding carboxylic acids is 1. The van der Waals surface area contributed by atoms with Crippen molar-refractivity contribution in [2.45, 2.75) is 51.7 Å². The molecule has 7 nitrogen and oxygen atoms in total. The van der Waals surface area contributed by atoms with Crippen LogP contribution in [0, 0.1) is 9.49 Å². The summed E-state index contributed by atoms with van der Waals surface area (Å²) in [5, 5.41) is 3.00. The Morgan fingerprint density at radius 2 is 1.83 bits per heavy atom. The monoisotopic (exact) mass is 648 g/mol. The van der Waals surface area contributed by atoms with Gasteiger partial charge in [0.1, 0.15) is 11.5 Å². The molecule has 3 rings (SSSR count). The molecule has 1 aliphatic heterocycles. The molecule has 0 unspecified atom stereocenters. The lowest BCUT2D eigenvalue weighted by Gasteiger charge is -2.32. The molecule has 1 amide bonds. The van der Waals surface area contributed by atoms with Gasteiger partial charge in [0.2, 0.25) is 10.0 Å². The van der Waals surface area contributed by atoms with Crippen molar-refractivity contribution >= 4 is 50.1 Å². The third-order valence-corrected chi connectivity index (χ3v) is 10.1. The Balaban J connectivity index is 1.68. The first kappa shape index (κ1) is 29.0. The third kappa shape index (κ3) is 6.65. The summed E-state index contributed by atoms with van der Waals surface area (Å²) in [4.78, 5) is 13.0. The fourth-order valence-corrected chi connectivity index (χ4v) is 6.64. The summed E-state index contributed by atoms with van der Waals surface area (Å²) in [6.45, 7) is 9.01. The molecule has 0 aliphatic carbocycles. The summed E-state index contributed by atoms with van der Waals surface area (Å²) in [5.41, 5.74) is 1.50. The summed E-state index contributed by atoms with van der Waals surface area (Å²) in [6.07, 6.45) is 1.43. The SMILES string of the molecule is COc1ccc(Oc2c(Cl)ccc(C(=O)NCC3CCN(S(=O)(=O)C(C)C)CC3)c2I)cc1C(C)C. The van der Waals surface area contributed by atoms with Crippen molar-refractivity contribution in [3.8, 4) is 17.2 Å². The number of sulfonamides is 1. The Kier molecular flexibility index (Phi) is 9.93. The van der Waals surface area contributed by atoms with E-state index in [-0.39, 0.29) is 17.7 Å². The second-order valence-electron chi connectivity index (χ2n) is 9.54. The van der Waals surface area contributed by atoms with Crippen LogP contribution in [0.5, 0.6) is 17.2 Å². The van der Waals surface area contributed by atoms with E-state index in [4.69, 9.17) is 21.1 Å². The van der Waals surface area contributed by atoms with Crippen LogP contribution in [0.2, 0.25) is 5.02 Å². The molecule has 0 atom stereocenters. The van der Waals surface area contributed by atoms with Gasteiger partial charge in [0.25, 0.3) is 5.91 Å². The Labute approximate surface area is 233 Å². The number of carbonyl (C=O) groups is 1. The second kappa shape index (κ2) is 12.3. The first-order valence-electron chi connectivity index (χ1n) is 12.1. The molecule has 10 heteroatoms. The van der Waals surface area contributed by atoms with Gasteiger partial charge in [-0.15, -0.1) is 0 Å². The van der Waals surface area contributed by atoms with Crippen LogP contribution in [0.25, 0.3) is 0 Å². The molecule has 36 heavy (non-hydrogen) atoms. The molecular formula is C26H34ClIN2O5S. The lowest BCUT2D eigenvalue weighted by Crippen LogP contribution is -2.44. The normalized spacial score (nSPS) is 15.4. The van der Waals surface area contributed by atoms with Crippen molar-refractivity contribution in [2.75, 3.05) is 26.7 Å². The van der Waals surface area contributed by atoms with Crippen LogP contribution in [-0.4, -0.2) is 50.6 Å². The van der Waals surface area contributed by atoms with Crippen LogP contribution in [0.3, 0.4) is 0 Å². The Morgan fingerprint density at radius 3 is 2.42 bits per heavy atom. The lowest BCUT2D eigenvalue weighted by atomic mass is 9.98. The largest absolute Gasteiger partial charge is 0.496 e. The van der Waals surface area contributed by atoms with E-state index < -0.39 is 15.3 Å². The average molecular weight is 649 g/mol. The summed E-state index contributed by atoms with van der Waals surface area (Å²) in [6, 6.07) is 8.96. The zero-order chi connectivity index (χ0) is 26.6. The van der Waals surface area contributed by atoms with Crippen molar-refractivity contribution < 1.29 is 22.7 Å². The smallest absolute Gasteiger partial charge is 0.252 e. The molecule has 1 fully saturated rings. The summed E-state index contributed by atoms with van der Waals surface area (Å²) in [7, 11) is -1.60. The van der Waals surface area contributed by atoms with Crippen LogP contribution < -0.4 is 14.8 Å². The zero-order valence-corrected chi connectivity index (χ0v) is 25.0. The van der Waals surface area contributed by atoms with E-state index >= 15 is 0 Å². The quantitative estimate of drug-likeness (QED) is 0.335. The molecular weight excluding hydrogens is 615 g/mol. The van der Waals surface area contributed by atoms with Gasteiger partial charge in [0.05, 0.1) is 26.5 Å². The van der Waals surface area contributed by atoms with Crippen LogP contribution >= 0.6 is 34.2 Å². The maximum atomic E-state index is 13.0. The molecule has 1 heterocycles. The predicted molar refractivity (Wildman–Crippen MR) is 152 cm³/mol. The lowest BCUT2D eigenvalue weighted by molar-refractivity contribution is 0.0940. The molecule has 0 saturated carbocycles. The molecule has 1 N–H and O–H groups in total. The molecule has 1 aliphatic rings. The predicted octanol–water partition coefficient (Wildman–Crippen LogP) is 6.05.